The van der Waals surface area contributed by atoms with Crippen LogP contribution in [0.15, 0.2) is 34.1 Å². The second-order valence-electron chi connectivity index (χ2n) is 4.34. The second kappa shape index (κ2) is 4.98. The highest BCUT2D eigenvalue weighted by Gasteiger charge is 2.17. The Bertz CT molecular complexity index is 728. The normalized spacial score (nSPS) is 13.1. The van der Waals surface area contributed by atoms with Crippen molar-refractivity contribution >= 4 is 48.7 Å². The van der Waals surface area contributed by atoms with Gasteiger partial charge in [-0.1, -0.05) is 6.07 Å². The Balaban J connectivity index is 2.03. The molecule has 1 N–H and O–H groups in total. The van der Waals surface area contributed by atoms with E-state index in [9.17, 15) is 9.50 Å². The number of aliphatic hydroxyl groups excluding tert-OH is 1. The number of aliphatic hydroxyl groups is 1. The molecule has 19 heavy (non-hydrogen) atoms. The number of hydrogen-bond donors (Lipinski definition) is 1. The van der Waals surface area contributed by atoms with Crippen LogP contribution in [0.25, 0.3) is 10.1 Å². The Morgan fingerprint density at radius 2 is 1.89 bits per heavy atom. The van der Waals surface area contributed by atoms with E-state index in [0.717, 1.165) is 29.2 Å². The van der Waals surface area contributed by atoms with Crippen molar-refractivity contribution in [1.82, 2.24) is 0 Å². The van der Waals surface area contributed by atoms with E-state index < -0.39 is 6.10 Å². The molecule has 0 radical (unpaired) electrons. The smallest absolute Gasteiger partial charge is 0.124 e. The molecule has 2 aromatic heterocycles. The quantitative estimate of drug-likeness (QED) is 0.664. The lowest BCUT2D eigenvalue weighted by Gasteiger charge is -2.04. The fourth-order valence-corrected chi connectivity index (χ4v) is 4.66. The van der Waals surface area contributed by atoms with Crippen molar-refractivity contribution in [3.8, 4) is 0 Å². The molecule has 0 bridgehead atoms. The van der Waals surface area contributed by atoms with E-state index in [0.29, 0.717) is 0 Å². The molecular formula is C14H10BrFOS2. The molecule has 5 heteroatoms. The van der Waals surface area contributed by atoms with Gasteiger partial charge in [-0.25, -0.2) is 4.39 Å². The Kier molecular flexibility index (Phi) is 3.47. The first-order chi connectivity index (χ1) is 9.04. The van der Waals surface area contributed by atoms with Crippen molar-refractivity contribution in [2.24, 2.45) is 0 Å². The van der Waals surface area contributed by atoms with E-state index in [1.807, 2.05) is 19.1 Å². The average molecular weight is 357 g/mol. The molecule has 0 aliphatic carbocycles. The zero-order valence-corrected chi connectivity index (χ0v) is 13.2. The summed E-state index contributed by atoms with van der Waals surface area (Å²) < 4.78 is 15.1. The summed E-state index contributed by atoms with van der Waals surface area (Å²) in [5, 5.41) is 11.4. The van der Waals surface area contributed by atoms with Crippen LogP contribution in [0.4, 0.5) is 4.39 Å². The van der Waals surface area contributed by atoms with Crippen LogP contribution in [0.1, 0.15) is 21.4 Å². The highest BCUT2D eigenvalue weighted by Crippen LogP contribution is 2.38. The number of hydrogen-bond acceptors (Lipinski definition) is 3. The Morgan fingerprint density at radius 3 is 2.58 bits per heavy atom. The standard InChI is InChI=1S/C14H10BrFOS2/c1-7-4-11(19-14(7)15)13(17)12-5-8-2-3-9(16)6-10(8)18-12/h2-6,13,17H,1H3. The molecule has 1 unspecified atom stereocenters. The molecule has 1 nitrogen and oxygen atoms in total. The van der Waals surface area contributed by atoms with Crippen LogP contribution in [0.2, 0.25) is 0 Å². The van der Waals surface area contributed by atoms with Crippen LogP contribution in [0.5, 0.6) is 0 Å². The minimum absolute atomic E-state index is 0.245. The molecule has 0 aliphatic rings. The molecular weight excluding hydrogens is 347 g/mol. The number of fused-ring (bicyclic) bond motifs is 1. The number of benzene rings is 1. The van der Waals surface area contributed by atoms with Crippen molar-refractivity contribution in [2.45, 2.75) is 13.0 Å². The van der Waals surface area contributed by atoms with Gasteiger partial charge in [0.25, 0.3) is 0 Å². The van der Waals surface area contributed by atoms with Gasteiger partial charge in [-0.05, 0) is 58.1 Å². The van der Waals surface area contributed by atoms with Crippen LogP contribution in [-0.2, 0) is 0 Å². The third-order valence-electron chi connectivity index (χ3n) is 2.92. The monoisotopic (exact) mass is 356 g/mol. The highest BCUT2D eigenvalue weighted by molar-refractivity contribution is 9.11. The first kappa shape index (κ1) is 13.2. The SMILES string of the molecule is Cc1cc(C(O)c2cc3ccc(F)cc3s2)sc1Br. The van der Waals surface area contributed by atoms with Crippen molar-refractivity contribution in [1.29, 1.82) is 0 Å². The van der Waals surface area contributed by atoms with Gasteiger partial charge in [-0.15, -0.1) is 22.7 Å². The van der Waals surface area contributed by atoms with Gasteiger partial charge < -0.3 is 5.11 Å². The first-order valence-electron chi connectivity index (χ1n) is 5.67. The Morgan fingerprint density at radius 1 is 1.16 bits per heavy atom. The van der Waals surface area contributed by atoms with Crippen LogP contribution >= 0.6 is 38.6 Å². The molecule has 3 aromatic rings. The van der Waals surface area contributed by atoms with Crippen LogP contribution in [-0.4, -0.2) is 5.11 Å². The molecule has 0 aliphatic heterocycles. The number of halogens is 2. The molecule has 0 saturated carbocycles. The third kappa shape index (κ3) is 2.48. The third-order valence-corrected chi connectivity index (χ3v) is 6.26. The second-order valence-corrected chi connectivity index (χ2v) is 7.86. The maximum Gasteiger partial charge on any atom is 0.124 e. The summed E-state index contributed by atoms with van der Waals surface area (Å²) in [6, 6.07) is 8.59. The predicted octanol–water partition coefficient (Wildman–Crippen LogP) is 5.25. The molecule has 98 valence electrons. The van der Waals surface area contributed by atoms with Crippen molar-refractivity contribution in [3.63, 3.8) is 0 Å². The lowest BCUT2D eigenvalue weighted by molar-refractivity contribution is 0.228. The number of thiophene rings is 2. The molecule has 1 aromatic carbocycles. The summed E-state index contributed by atoms with van der Waals surface area (Å²) in [6.45, 7) is 2.00. The zero-order valence-electron chi connectivity index (χ0n) is 9.98. The zero-order chi connectivity index (χ0) is 13.6. The minimum atomic E-state index is -0.643. The average Bonchev–Trinajstić information content (AvgIpc) is 2.92. The maximum atomic E-state index is 13.2. The van der Waals surface area contributed by atoms with Crippen molar-refractivity contribution in [2.75, 3.05) is 0 Å². The number of rotatable bonds is 2. The van der Waals surface area contributed by atoms with Gasteiger partial charge in [0.15, 0.2) is 0 Å². The van der Waals surface area contributed by atoms with Crippen LogP contribution < -0.4 is 0 Å². The largest absolute Gasteiger partial charge is 0.382 e. The van der Waals surface area contributed by atoms with Gasteiger partial charge in [0, 0.05) is 14.5 Å². The van der Waals surface area contributed by atoms with Gasteiger partial charge in [0.05, 0.1) is 3.79 Å². The fourth-order valence-electron chi connectivity index (χ4n) is 1.92. The van der Waals surface area contributed by atoms with Gasteiger partial charge in [-0.2, -0.15) is 0 Å². The molecule has 0 fully saturated rings. The topological polar surface area (TPSA) is 20.2 Å². The van der Waals surface area contributed by atoms with E-state index in [-0.39, 0.29) is 5.82 Å². The molecule has 0 amide bonds. The summed E-state index contributed by atoms with van der Waals surface area (Å²) in [4.78, 5) is 1.74. The predicted molar refractivity (Wildman–Crippen MR) is 82.6 cm³/mol. The van der Waals surface area contributed by atoms with E-state index >= 15 is 0 Å². The summed E-state index contributed by atoms with van der Waals surface area (Å²) in [5.74, 6) is -0.245. The van der Waals surface area contributed by atoms with Gasteiger partial charge in [0.2, 0.25) is 0 Å². The molecule has 0 spiro atoms. The van der Waals surface area contributed by atoms with E-state index in [4.69, 9.17) is 0 Å². The summed E-state index contributed by atoms with van der Waals surface area (Å²) >= 11 is 6.42. The van der Waals surface area contributed by atoms with E-state index in [1.165, 1.54) is 34.8 Å². The lowest BCUT2D eigenvalue weighted by atomic mass is 10.2. The summed E-state index contributed by atoms with van der Waals surface area (Å²) in [6.07, 6.45) is -0.643. The minimum Gasteiger partial charge on any atom is -0.382 e. The highest BCUT2D eigenvalue weighted by atomic mass is 79.9. The van der Waals surface area contributed by atoms with Gasteiger partial charge in [0.1, 0.15) is 11.9 Å². The van der Waals surface area contributed by atoms with Crippen molar-refractivity contribution in [3.05, 3.63) is 55.3 Å². The van der Waals surface area contributed by atoms with E-state index in [2.05, 4.69) is 15.9 Å². The Labute approximate surface area is 126 Å². The summed E-state index contributed by atoms with van der Waals surface area (Å²) in [7, 11) is 0. The molecule has 0 saturated heterocycles. The fraction of sp³-hybridized carbons (Fsp3) is 0.143. The van der Waals surface area contributed by atoms with Crippen LogP contribution in [0, 0.1) is 12.7 Å². The number of aryl methyl sites for hydroxylation is 1. The first-order valence-corrected chi connectivity index (χ1v) is 8.10. The molecule has 1 atom stereocenters. The van der Waals surface area contributed by atoms with Crippen molar-refractivity contribution < 1.29 is 9.50 Å². The lowest BCUT2D eigenvalue weighted by Crippen LogP contribution is -1.92. The van der Waals surface area contributed by atoms with Gasteiger partial charge >= 0.3 is 0 Å². The maximum absolute atomic E-state index is 13.2. The molecule has 2 heterocycles. The van der Waals surface area contributed by atoms with Gasteiger partial charge in [-0.3, -0.25) is 0 Å². The summed E-state index contributed by atoms with van der Waals surface area (Å²) in [5.41, 5.74) is 1.12. The molecule has 3 rings (SSSR count). The van der Waals surface area contributed by atoms with Crippen LogP contribution in [0.3, 0.4) is 0 Å². The Hall–Kier alpha value is -0.750. The van der Waals surface area contributed by atoms with E-state index in [1.54, 1.807) is 6.07 Å².